The number of hydrogen-bond donors (Lipinski definition) is 0. The third kappa shape index (κ3) is 6.57. The third-order valence-corrected chi connectivity index (χ3v) is 4.17. The number of ether oxygens (including phenoxy) is 4. The van der Waals surface area contributed by atoms with Crippen molar-refractivity contribution in [2.45, 2.75) is 13.0 Å². The first-order valence-electron chi connectivity index (χ1n) is 9.45. The Hall–Kier alpha value is -3.47. The highest BCUT2D eigenvalue weighted by atomic mass is 16.5. The second-order valence-electron chi connectivity index (χ2n) is 6.31. The molecular formula is C24H24O5. The van der Waals surface area contributed by atoms with Gasteiger partial charge in [-0.1, -0.05) is 30.3 Å². The van der Waals surface area contributed by atoms with Crippen molar-refractivity contribution in [2.24, 2.45) is 0 Å². The van der Waals surface area contributed by atoms with E-state index in [9.17, 15) is 4.79 Å². The van der Waals surface area contributed by atoms with Crippen LogP contribution in [0.5, 0.6) is 17.2 Å². The van der Waals surface area contributed by atoms with Crippen LogP contribution in [-0.2, 0) is 11.3 Å². The average molecular weight is 392 g/mol. The largest absolute Gasteiger partial charge is 0.493 e. The summed E-state index contributed by atoms with van der Waals surface area (Å²) < 4.78 is 21.8. The lowest BCUT2D eigenvalue weighted by molar-refractivity contribution is 0.0600. The van der Waals surface area contributed by atoms with Crippen molar-refractivity contribution in [3.05, 3.63) is 90.0 Å². The SMILES string of the molecule is COC(=O)c1ccc(OCCCOc2ccc(OCc3ccccc3)cc2)cc1. The quantitative estimate of drug-likeness (QED) is 0.363. The summed E-state index contributed by atoms with van der Waals surface area (Å²) in [5.74, 6) is 1.94. The van der Waals surface area contributed by atoms with Gasteiger partial charge in [0.15, 0.2) is 0 Å². The number of carbonyl (C=O) groups excluding carboxylic acids is 1. The number of methoxy groups -OCH3 is 1. The summed E-state index contributed by atoms with van der Waals surface area (Å²) in [7, 11) is 1.36. The Labute approximate surface area is 170 Å². The van der Waals surface area contributed by atoms with Crippen LogP contribution in [0.2, 0.25) is 0 Å². The van der Waals surface area contributed by atoms with E-state index in [1.54, 1.807) is 24.3 Å². The summed E-state index contributed by atoms with van der Waals surface area (Å²) in [5.41, 5.74) is 1.63. The molecule has 0 saturated heterocycles. The number of benzene rings is 3. The molecule has 150 valence electrons. The molecule has 0 saturated carbocycles. The molecule has 0 spiro atoms. The molecule has 0 atom stereocenters. The predicted molar refractivity (Wildman–Crippen MR) is 111 cm³/mol. The Morgan fingerprint density at radius 2 is 1.21 bits per heavy atom. The topological polar surface area (TPSA) is 54.0 Å². The van der Waals surface area contributed by atoms with Gasteiger partial charge in [-0.3, -0.25) is 0 Å². The molecule has 0 unspecified atom stereocenters. The molecule has 5 heteroatoms. The number of rotatable bonds is 10. The highest BCUT2D eigenvalue weighted by Crippen LogP contribution is 2.19. The third-order valence-electron chi connectivity index (χ3n) is 4.17. The van der Waals surface area contributed by atoms with E-state index in [0.29, 0.717) is 31.1 Å². The molecule has 0 amide bonds. The van der Waals surface area contributed by atoms with E-state index >= 15 is 0 Å². The number of esters is 1. The van der Waals surface area contributed by atoms with Gasteiger partial charge in [-0.2, -0.15) is 0 Å². The molecule has 0 aliphatic carbocycles. The fourth-order valence-electron chi connectivity index (χ4n) is 2.62. The monoisotopic (exact) mass is 392 g/mol. The van der Waals surface area contributed by atoms with E-state index in [0.717, 1.165) is 23.5 Å². The van der Waals surface area contributed by atoms with Crippen LogP contribution >= 0.6 is 0 Å². The van der Waals surface area contributed by atoms with Gasteiger partial charge in [0.2, 0.25) is 0 Å². The highest BCUT2D eigenvalue weighted by Gasteiger charge is 2.04. The molecule has 3 aromatic rings. The first-order chi connectivity index (χ1) is 14.2. The Balaban J connectivity index is 1.33. The molecule has 0 heterocycles. The molecule has 0 fully saturated rings. The zero-order valence-electron chi connectivity index (χ0n) is 16.4. The maximum atomic E-state index is 11.4. The lowest BCUT2D eigenvalue weighted by Crippen LogP contribution is -2.05. The van der Waals surface area contributed by atoms with E-state index in [2.05, 4.69) is 4.74 Å². The summed E-state index contributed by atoms with van der Waals surface area (Å²) in [6, 6.07) is 24.5. The van der Waals surface area contributed by atoms with Crippen LogP contribution in [0.15, 0.2) is 78.9 Å². The van der Waals surface area contributed by atoms with E-state index in [1.165, 1.54) is 7.11 Å². The van der Waals surface area contributed by atoms with Gasteiger partial charge >= 0.3 is 5.97 Å². The van der Waals surface area contributed by atoms with Crippen molar-refractivity contribution >= 4 is 5.97 Å². The lowest BCUT2D eigenvalue weighted by atomic mass is 10.2. The fourth-order valence-corrected chi connectivity index (χ4v) is 2.62. The Morgan fingerprint density at radius 3 is 1.76 bits per heavy atom. The van der Waals surface area contributed by atoms with Crippen LogP contribution in [0, 0.1) is 0 Å². The molecule has 0 aliphatic rings. The van der Waals surface area contributed by atoms with Crippen LogP contribution in [0.1, 0.15) is 22.3 Å². The van der Waals surface area contributed by atoms with Crippen molar-refractivity contribution in [3.63, 3.8) is 0 Å². The first kappa shape index (κ1) is 20.3. The molecule has 0 aromatic heterocycles. The minimum absolute atomic E-state index is 0.360. The summed E-state index contributed by atoms with van der Waals surface area (Å²) in [6.07, 6.45) is 0.741. The molecular weight excluding hydrogens is 368 g/mol. The Morgan fingerprint density at radius 1 is 0.690 bits per heavy atom. The zero-order chi connectivity index (χ0) is 20.3. The maximum absolute atomic E-state index is 11.4. The second kappa shape index (κ2) is 10.8. The standard InChI is InChI=1S/C24H24O5/c1-26-24(25)20-8-10-21(11-9-20)27-16-5-17-28-22-12-14-23(15-13-22)29-18-19-6-3-2-4-7-19/h2-4,6-15H,5,16-18H2,1H3. The van der Waals surface area contributed by atoms with Gasteiger partial charge in [-0.25, -0.2) is 4.79 Å². The zero-order valence-corrected chi connectivity index (χ0v) is 16.4. The van der Waals surface area contributed by atoms with Gasteiger partial charge in [0.05, 0.1) is 25.9 Å². The van der Waals surface area contributed by atoms with Crippen LogP contribution in [0.4, 0.5) is 0 Å². The van der Waals surface area contributed by atoms with Gasteiger partial charge < -0.3 is 18.9 Å². The van der Waals surface area contributed by atoms with Crippen molar-refractivity contribution in [3.8, 4) is 17.2 Å². The molecule has 3 aromatic carbocycles. The fraction of sp³-hybridized carbons (Fsp3) is 0.208. The summed E-state index contributed by atoms with van der Waals surface area (Å²) in [5, 5.41) is 0. The van der Waals surface area contributed by atoms with Gasteiger partial charge in [-0.15, -0.1) is 0 Å². The summed E-state index contributed by atoms with van der Waals surface area (Å²) >= 11 is 0. The average Bonchev–Trinajstić information content (AvgIpc) is 2.79. The van der Waals surface area contributed by atoms with Crippen molar-refractivity contribution in [2.75, 3.05) is 20.3 Å². The normalized spacial score (nSPS) is 10.2. The number of carbonyl (C=O) groups is 1. The van der Waals surface area contributed by atoms with Gasteiger partial charge in [0, 0.05) is 6.42 Å². The van der Waals surface area contributed by atoms with E-state index in [1.807, 2.05) is 54.6 Å². The molecule has 0 N–H and O–H groups in total. The van der Waals surface area contributed by atoms with Crippen LogP contribution in [0.3, 0.4) is 0 Å². The van der Waals surface area contributed by atoms with Crippen LogP contribution < -0.4 is 14.2 Å². The molecule has 3 rings (SSSR count). The Kier molecular flexibility index (Phi) is 7.52. The summed E-state index contributed by atoms with van der Waals surface area (Å²) in [6.45, 7) is 1.61. The van der Waals surface area contributed by atoms with E-state index in [-0.39, 0.29) is 5.97 Å². The molecule has 0 bridgehead atoms. The Bertz CT molecular complexity index is 873. The van der Waals surface area contributed by atoms with Gasteiger partial charge in [-0.05, 0) is 54.1 Å². The molecule has 29 heavy (non-hydrogen) atoms. The minimum Gasteiger partial charge on any atom is -0.493 e. The van der Waals surface area contributed by atoms with Crippen molar-refractivity contribution in [1.82, 2.24) is 0 Å². The lowest BCUT2D eigenvalue weighted by Gasteiger charge is -2.10. The van der Waals surface area contributed by atoms with Gasteiger partial charge in [0.25, 0.3) is 0 Å². The highest BCUT2D eigenvalue weighted by molar-refractivity contribution is 5.89. The predicted octanol–water partition coefficient (Wildman–Crippen LogP) is 4.90. The van der Waals surface area contributed by atoms with Crippen LogP contribution in [0.25, 0.3) is 0 Å². The number of hydrogen-bond acceptors (Lipinski definition) is 5. The first-order valence-corrected chi connectivity index (χ1v) is 9.45. The van der Waals surface area contributed by atoms with Crippen LogP contribution in [-0.4, -0.2) is 26.3 Å². The van der Waals surface area contributed by atoms with Gasteiger partial charge in [0.1, 0.15) is 23.9 Å². The smallest absolute Gasteiger partial charge is 0.337 e. The van der Waals surface area contributed by atoms with Crippen molar-refractivity contribution < 1.29 is 23.7 Å². The second-order valence-corrected chi connectivity index (χ2v) is 6.31. The molecule has 5 nitrogen and oxygen atoms in total. The summed E-state index contributed by atoms with van der Waals surface area (Å²) in [4.78, 5) is 11.4. The molecule has 0 radical (unpaired) electrons. The maximum Gasteiger partial charge on any atom is 0.337 e. The molecule has 0 aliphatic heterocycles. The minimum atomic E-state index is -0.360. The van der Waals surface area contributed by atoms with E-state index < -0.39 is 0 Å². The van der Waals surface area contributed by atoms with Crippen molar-refractivity contribution in [1.29, 1.82) is 0 Å². The van der Waals surface area contributed by atoms with E-state index in [4.69, 9.17) is 14.2 Å².